The number of aryl methyl sites for hydroxylation is 1. The van der Waals surface area contributed by atoms with Gasteiger partial charge in [0, 0.05) is 31.0 Å². The molecule has 0 heterocycles. The van der Waals surface area contributed by atoms with Crippen molar-refractivity contribution in [3.63, 3.8) is 0 Å². The summed E-state index contributed by atoms with van der Waals surface area (Å²) < 4.78 is 14.6. The molecule has 0 saturated heterocycles. The Labute approximate surface area is 201 Å². The van der Waals surface area contributed by atoms with Crippen LogP contribution in [-0.2, 0) is 29.0 Å². The Kier molecular flexibility index (Phi) is 9.39. The van der Waals surface area contributed by atoms with E-state index in [-0.39, 0.29) is 36.6 Å². The minimum absolute atomic E-state index is 0.0273. The van der Waals surface area contributed by atoms with Gasteiger partial charge in [-0.05, 0) is 37.0 Å². The lowest BCUT2D eigenvalue weighted by molar-refractivity contribution is -0.141. The fraction of sp³-hybridized carbons (Fsp3) is 0.310. The highest BCUT2D eigenvalue weighted by Crippen LogP contribution is 2.18. The van der Waals surface area contributed by atoms with Gasteiger partial charge in [-0.25, -0.2) is 4.39 Å². The number of nitrogens with one attached hydrogen (secondary N) is 1. The summed E-state index contributed by atoms with van der Waals surface area (Å²) in [7, 11) is 0. The molecule has 3 rings (SSSR count). The Hall–Kier alpha value is -3.47. The van der Waals surface area contributed by atoms with Crippen LogP contribution in [0.15, 0.2) is 84.9 Å². The third kappa shape index (κ3) is 7.27. The number of nitrogens with zero attached hydrogens (tertiary/aromatic N) is 1. The van der Waals surface area contributed by atoms with Crippen molar-refractivity contribution < 1.29 is 14.0 Å². The average molecular weight is 461 g/mol. The second kappa shape index (κ2) is 12.7. The SMILES string of the molecule is CC[C@@H](C)NC(=O)[C@@H](Cc1ccccc1)N(Cc1ccccc1F)C(=O)CCc1ccccc1. The monoisotopic (exact) mass is 460 g/mol. The maximum atomic E-state index is 14.6. The molecule has 4 nitrogen and oxygen atoms in total. The molecule has 0 aliphatic heterocycles. The van der Waals surface area contributed by atoms with Gasteiger partial charge in [-0.15, -0.1) is 0 Å². The quantitative estimate of drug-likeness (QED) is 0.421. The molecule has 0 bridgehead atoms. The molecular formula is C29H33FN2O2. The molecule has 178 valence electrons. The van der Waals surface area contributed by atoms with Crippen LogP contribution in [0.25, 0.3) is 0 Å². The van der Waals surface area contributed by atoms with E-state index >= 15 is 0 Å². The lowest BCUT2D eigenvalue weighted by atomic mass is 10.0. The largest absolute Gasteiger partial charge is 0.352 e. The van der Waals surface area contributed by atoms with E-state index in [0.29, 0.717) is 18.4 Å². The van der Waals surface area contributed by atoms with Gasteiger partial charge in [-0.1, -0.05) is 85.8 Å². The maximum absolute atomic E-state index is 14.6. The molecule has 0 aromatic heterocycles. The Morgan fingerprint density at radius 1 is 0.882 bits per heavy atom. The van der Waals surface area contributed by atoms with Gasteiger partial charge >= 0.3 is 0 Å². The number of benzene rings is 3. The van der Waals surface area contributed by atoms with Gasteiger partial charge in [0.1, 0.15) is 11.9 Å². The van der Waals surface area contributed by atoms with E-state index in [1.165, 1.54) is 6.07 Å². The fourth-order valence-electron chi connectivity index (χ4n) is 3.84. The molecule has 34 heavy (non-hydrogen) atoms. The molecule has 0 aliphatic carbocycles. The normalized spacial score (nSPS) is 12.6. The number of halogens is 1. The molecule has 2 atom stereocenters. The van der Waals surface area contributed by atoms with Crippen LogP contribution in [0.1, 0.15) is 43.4 Å². The zero-order chi connectivity index (χ0) is 24.3. The second-order valence-electron chi connectivity index (χ2n) is 8.62. The Morgan fingerprint density at radius 3 is 2.09 bits per heavy atom. The van der Waals surface area contributed by atoms with Crippen LogP contribution in [0, 0.1) is 5.82 Å². The van der Waals surface area contributed by atoms with Crippen molar-refractivity contribution in [3.8, 4) is 0 Å². The van der Waals surface area contributed by atoms with Gasteiger partial charge < -0.3 is 10.2 Å². The van der Waals surface area contributed by atoms with Crippen LogP contribution in [-0.4, -0.2) is 28.8 Å². The van der Waals surface area contributed by atoms with Crippen molar-refractivity contribution in [1.29, 1.82) is 0 Å². The highest BCUT2D eigenvalue weighted by Gasteiger charge is 2.31. The first-order valence-electron chi connectivity index (χ1n) is 11.9. The summed E-state index contributed by atoms with van der Waals surface area (Å²) >= 11 is 0. The van der Waals surface area contributed by atoms with Crippen molar-refractivity contribution >= 4 is 11.8 Å². The molecule has 1 N–H and O–H groups in total. The van der Waals surface area contributed by atoms with E-state index < -0.39 is 6.04 Å². The lowest BCUT2D eigenvalue weighted by Crippen LogP contribution is -2.52. The standard InChI is InChI=1S/C29H33FN2O2/c1-3-22(2)31-29(34)27(20-24-14-8-5-9-15-24)32(21-25-16-10-11-17-26(25)30)28(33)19-18-23-12-6-4-7-13-23/h4-17,22,27H,3,18-21H2,1-2H3,(H,31,34)/t22-,27-/m1/s1. The Balaban J connectivity index is 1.92. The minimum atomic E-state index is -0.751. The zero-order valence-corrected chi connectivity index (χ0v) is 19.9. The lowest BCUT2D eigenvalue weighted by Gasteiger charge is -2.32. The first kappa shape index (κ1) is 25.2. The first-order chi connectivity index (χ1) is 16.5. The predicted octanol–water partition coefficient (Wildman–Crippen LogP) is 5.31. The van der Waals surface area contributed by atoms with Gasteiger partial charge in [-0.2, -0.15) is 0 Å². The number of carbonyl (C=O) groups excluding carboxylic acids is 2. The second-order valence-corrected chi connectivity index (χ2v) is 8.62. The van der Waals surface area contributed by atoms with Crippen molar-refractivity contribution in [1.82, 2.24) is 10.2 Å². The first-order valence-corrected chi connectivity index (χ1v) is 11.9. The molecular weight excluding hydrogens is 427 g/mol. The van der Waals surface area contributed by atoms with Crippen molar-refractivity contribution in [2.24, 2.45) is 0 Å². The van der Waals surface area contributed by atoms with Crippen molar-refractivity contribution in [2.75, 3.05) is 0 Å². The minimum Gasteiger partial charge on any atom is -0.352 e. The number of rotatable bonds is 11. The van der Waals surface area contributed by atoms with Crippen molar-refractivity contribution in [3.05, 3.63) is 107 Å². The van der Waals surface area contributed by atoms with E-state index in [4.69, 9.17) is 0 Å². The molecule has 0 fully saturated rings. The summed E-state index contributed by atoms with van der Waals surface area (Å²) in [6.45, 7) is 3.97. The van der Waals surface area contributed by atoms with Gasteiger partial charge in [-0.3, -0.25) is 9.59 Å². The van der Waals surface area contributed by atoms with Gasteiger partial charge in [0.15, 0.2) is 0 Å². The topological polar surface area (TPSA) is 49.4 Å². The molecule has 3 aromatic carbocycles. The van der Waals surface area contributed by atoms with E-state index in [1.54, 1.807) is 23.1 Å². The molecule has 2 amide bonds. The van der Waals surface area contributed by atoms with E-state index in [0.717, 1.165) is 17.5 Å². The van der Waals surface area contributed by atoms with Crippen LogP contribution in [0.5, 0.6) is 0 Å². The fourth-order valence-corrected chi connectivity index (χ4v) is 3.84. The van der Waals surface area contributed by atoms with Gasteiger partial charge in [0.05, 0.1) is 0 Å². The molecule has 0 spiro atoms. The highest BCUT2D eigenvalue weighted by atomic mass is 19.1. The average Bonchev–Trinajstić information content (AvgIpc) is 2.86. The highest BCUT2D eigenvalue weighted by molar-refractivity contribution is 5.88. The van der Waals surface area contributed by atoms with Crippen LogP contribution in [0.2, 0.25) is 0 Å². The third-order valence-electron chi connectivity index (χ3n) is 6.04. The summed E-state index contributed by atoms with van der Waals surface area (Å²) in [6.07, 6.45) is 1.92. The molecule has 0 unspecified atom stereocenters. The summed E-state index contributed by atoms with van der Waals surface area (Å²) in [5.41, 5.74) is 2.39. The summed E-state index contributed by atoms with van der Waals surface area (Å²) in [6, 6.07) is 25.0. The summed E-state index contributed by atoms with van der Waals surface area (Å²) in [5.74, 6) is -0.779. The third-order valence-corrected chi connectivity index (χ3v) is 6.04. The number of amides is 2. The molecule has 3 aromatic rings. The molecule has 5 heteroatoms. The number of hydrogen-bond donors (Lipinski definition) is 1. The van der Waals surface area contributed by atoms with Crippen molar-refractivity contribution in [2.45, 2.75) is 58.2 Å². The van der Waals surface area contributed by atoms with Gasteiger partial charge in [0.25, 0.3) is 0 Å². The maximum Gasteiger partial charge on any atom is 0.243 e. The summed E-state index contributed by atoms with van der Waals surface area (Å²) in [5, 5.41) is 3.03. The molecule has 0 saturated carbocycles. The number of hydrogen-bond acceptors (Lipinski definition) is 2. The predicted molar refractivity (Wildman–Crippen MR) is 134 cm³/mol. The number of carbonyl (C=O) groups is 2. The van der Waals surface area contributed by atoms with Crippen LogP contribution >= 0.6 is 0 Å². The van der Waals surface area contributed by atoms with Crippen LogP contribution < -0.4 is 5.32 Å². The van der Waals surface area contributed by atoms with E-state index in [2.05, 4.69) is 5.32 Å². The summed E-state index contributed by atoms with van der Waals surface area (Å²) in [4.78, 5) is 28.5. The smallest absolute Gasteiger partial charge is 0.243 e. The van der Waals surface area contributed by atoms with E-state index in [1.807, 2.05) is 74.5 Å². The Morgan fingerprint density at radius 2 is 1.47 bits per heavy atom. The Bertz CT molecular complexity index is 1060. The van der Waals surface area contributed by atoms with Crippen LogP contribution in [0.3, 0.4) is 0 Å². The molecule has 0 radical (unpaired) electrons. The van der Waals surface area contributed by atoms with Crippen LogP contribution in [0.4, 0.5) is 4.39 Å². The van der Waals surface area contributed by atoms with Gasteiger partial charge in [0.2, 0.25) is 11.8 Å². The molecule has 0 aliphatic rings. The zero-order valence-electron chi connectivity index (χ0n) is 19.9. The van der Waals surface area contributed by atoms with E-state index in [9.17, 15) is 14.0 Å².